The molecule has 0 bridgehead atoms. The van der Waals surface area contributed by atoms with Crippen LogP contribution >= 0.6 is 15.9 Å². The zero-order valence-corrected chi connectivity index (χ0v) is 12.3. The zero-order valence-electron chi connectivity index (χ0n) is 10.8. The van der Waals surface area contributed by atoms with Gasteiger partial charge in [0.25, 0.3) is 0 Å². The molecule has 106 valence electrons. The normalized spacial score (nSPS) is 11.0. The predicted molar refractivity (Wildman–Crippen MR) is 79.1 cm³/mol. The van der Waals surface area contributed by atoms with Crippen LogP contribution in [0.2, 0.25) is 0 Å². The second-order valence-corrected chi connectivity index (χ2v) is 5.35. The Morgan fingerprint density at radius 1 is 1.24 bits per heavy atom. The average Bonchev–Trinajstić information content (AvgIpc) is 2.77. The largest absolute Gasteiger partial charge is 0.478 e. The van der Waals surface area contributed by atoms with E-state index < -0.39 is 5.97 Å². The number of pyridine rings is 1. The first-order valence-electron chi connectivity index (χ1n) is 6.19. The highest BCUT2D eigenvalue weighted by Crippen LogP contribution is 2.21. The third-order valence-electron chi connectivity index (χ3n) is 3.19. The number of hydrogen-bond donors (Lipinski definition) is 1. The minimum atomic E-state index is -0.991. The van der Waals surface area contributed by atoms with E-state index in [1.807, 2.05) is 0 Å². The summed E-state index contributed by atoms with van der Waals surface area (Å²) in [5, 5.41) is 9.08. The standard InChI is InChI=1S/C15H10BrFN2O2/c16-14-12-6-3-10(15(20)21)8-19(12)13(18-14)7-9-1-4-11(17)5-2-9/h1-6,8H,7H2,(H,20,21). The highest BCUT2D eigenvalue weighted by atomic mass is 79.9. The summed E-state index contributed by atoms with van der Waals surface area (Å²) in [5.74, 6) is -0.595. The summed E-state index contributed by atoms with van der Waals surface area (Å²) in [6, 6.07) is 9.39. The Labute approximate surface area is 128 Å². The first-order chi connectivity index (χ1) is 10.0. The van der Waals surface area contributed by atoms with Gasteiger partial charge >= 0.3 is 5.97 Å². The number of carboxylic acids is 1. The molecular weight excluding hydrogens is 339 g/mol. The van der Waals surface area contributed by atoms with Gasteiger partial charge < -0.3 is 9.51 Å². The van der Waals surface area contributed by atoms with Crippen molar-refractivity contribution >= 4 is 27.4 Å². The molecule has 0 aliphatic carbocycles. The fourth-order valence-electron chi connectivity index (χ4n) is 2.14. The number of halogens is 2. The van der Waals surface area contributed by atoms with Gasteiger partial charge in [0.1, 0.15) is 16.2 Å². The molecule has 0 saturated carbocycles. The molecule has 0 spiro atoms. The van der Waals surface area contributed by atoms with Gasteiger partial charge in [-0.25, -0.2) is 14.2 Å². The minimum Gasteiger partial charge on any atom is -0.478 e. The summed E-state index contributed by atoms with van der Waals surface area (Å²) in [6.07, 6.45) is 2.02. The van der Waals surface area contributed by atoms with Crippen molar-refractivity contribution in [3.63, 3.8) is 0 Å². The van der Waals surface area contributed by atoms with Crippen LogP contribution in [0, 0.1) is 5.82 Å². The van der Waals surface area contributed by atoms with Crippen molar-refractivity contribution in [3.8, 4) is 0 Å². The molecule has 4 nitrogen and oxygen atoms in total. The third kappa shape index (κ3) is 2.67. The second-order valence-electron chi connectivity index (χ2n) is 4.60. The molecule has 1 aromatic carbocycles. The molecule has 3 aromatic rings. The molecule has 0 aliphatic heterocycles. The van der Waals surface area contributed by atoms with E-state index in [1.54, 1.807) is 22.6 Å². The van der Waals surface area contributed by atoms with E-state index in [1.165, 1.54) is 24.4 Å². The van der Waals surface area contributed by atoms with Crippen molar-refractivity contribution in [2.24, 2.45) is 0 Å². The van der Waals surface area contributed by atoms with Crippen LogP contribution in [0.3, 0.4) is 0 Å². The molecule has 6 heteroatoms. The smallest absolute Gasteiger partial charge is 0.337 e. The fourth-order valence-corrected chi connectivity index (χ4v) is 2.67. The number of carbonyl (C=O) groups is 1. The van der Waals surface area contributed by atoms with Gasteiger partial charge in [0.15, 0.2) is 0 Å². The molecule has 0 fully saturated rings. The van der Waals surface area contributed by atoms with Crippen LogP contribution in [0.5, 0.6) is 0 Å². The van der Waals surface area contributed by atoms with Gasteiger partial charge in [-0.05, 0) is 45.8 Å². The van der Waals surface area contributed by atoms with E-state index in [0.717, 1.165) is 11.1 Å². The first-order valence-corrected chi connectivity index (χ1v) is 6.98. The zero-order chi connectivity index (χ0) is 15.0. The van der Waals surface area contributed by atoms with E-state index in [2.05, 4.69) is 20.9 Å². The lowest BCUT2D eigenvalue weighted by Crippen LogP contribution is -2.01. The summed E-state index contributed by atoms with van der Waals surface area (Å²) < 4.78 is 15.3. The maximum absolute atomic E-state index is 12.9. The average molecular weight is 349 g/mol. The summed E-state index contributed by atoms with van der Waals surface area (Å²) in [4.78, 5) is 15.5. The summed E-state index contributed by atoms with van der Waals surface area (Å²) in [5.41, 5.74) is 1.88. The van der Waals surface area contributed by atoms with E-state index >= 15 is 0 Å². The van der Waals surface area contributed by atoms with E-state index in [0.29, 0.717) is 16.8 Å². The Kier molecular flexibility index (Phi) is 3.47. The number of rotatable bonds is 3. The third-order valence-corrected chi connectivity index (χ3v) is 3.77. The number of aromatic nitrogens is 2. The van der Waals surface area contributed by atoms with Crippen molar-refractivity contribution in [3.05, 3.63) is 70.0 Å². The van der Waals surface area contributed by atoms with Crippen molar-refractivity contribution in [1.29, 1.82) is 0 Å². The lowest BCUT2D eigenvalue weighted by atomic mass is 10.1. The van der Waals surface area contributed by atoms with Crippen molar-refractivity contribution in [2.75, 3.05) is 0 Å². The number of hydrogen-bond acceptors (Lipinski definition) is 2. The van der Waals surface area contributed by atoms with E-state index in [4.69, 9.17) is 5.11 Å². The molecule has 0 unspecified atom stereocenters. The number of imidazole rings is 1. The Balaban J connectivity index is 2.07. The van der Waals surface area contributed by atoms with Crippen LogP contribution in [0.25, 0.3) is 5.52 Å². The van der Waals surface area contributed by atoms with Gasteiger partial charge in [0.05, 0.1) is 11.1 Å². The lowest BCUT2D eigenvalue weighted by Gasteiger charge is -2.03. The van der Waals surface area contributed by atoms with Crippen molar-refractivity contribution < 1.29 is 14.3 Å². The molecule has 2 heterocycles. The number of fused-ring (bicyclic) bond motifs is 1. The Morgan fingerprint density at radius 2 is 1.95 bits per heavy atom. The summed E-state index contributed by atoms with van der Waals surface area (Å²) in [7, 11) is 0. The fraction of sp³-hybridized carbons (Fsp3) is 0.0667. The molecule has 0 aliphatic rings. The molecule has 0 radical (unpaired) electrons. The molecule has 1 N–H and O–H groups in total. The van der Waals surface area contributed by atoms with Crippen LogP contribution < -0.4 is 0 Å². The van der Waals surface area contributed by atoms with Crippen LogP contribution in [-0.4, -0.2) is 20.5 Å². The van der Waals surface area contributed by atoms with Gasteiger partial charge in [-0.1, -0.05) is 12.1 Å². The monoisotopic (exact) mass is 348 g/mol. The maximum Gasteiger partial charge on any atom is 0.337 e. The second kappa shape index (κ2) is 5.29. The lowest BCUT2D eigenvalue weighted by molar-refractivity contribution is 0.0696. The van der Waals surface area contributed by atoms with Gasteiger partial charge in [-0.3, -0.25) is 0 Å². The van der Waals surface area contributed by atoms with Crippen LogP contribution in [0.4, 0.5) is 4.39 Å². The van der Waals surface area contributed by atoms with E-state index in [9.17, 15) is 9.18 Å². The molecular formula is C15H10BrFN2O2. The van der Waals surface area contributed by atoms with Gasteiger partial charge in [0, 0.05) is 12.6 Å². The van der Waals surface area contributed by atoms with Crippen molar-refractivity contribution in [1.82, 2.24) is 9.38 Å². The Hall–Kier alpha value is -2.21. The van der Waals surface area contributed by atoms with Crippen LogP contribution in [0.15, 0.2) is 47.2 Å². The van der Waals surface area contributed by atoms with Crippen LogP contribution in [-0.2, 0) is 6.42 Å². The number of nitrogens with zero attached hydrogens (tertiary/aromatic N) is 2. The number of carboxylic acid groups (broad SMARTS) is 1. The van der Waals surface area contributed by atoms with Crippen molar-refractivity contribution in [2.45, 2.75) is 6.42 Å². The van der Waals surface area contributed by atoms with Gasteiger partial charge in [-0.15, -0.1) is 0 Å². The first kappa shape index (κ1) is 13.8. The maximum atomic E-state index is 12.9. The minimum absolute atomic E-state index is 0.188. The molecule has 21 heavy (non-hydrogen) atoms. The SMILES string of the molecule is O=C(O)c1ccc2c(Br)nc(Cc3ccc(F)cc3)n2c1. The Morgan fingerprint density at radius 3 is 2.62 bits per heavy atom. The molecule has 2 aromatic heterocycles. The van der Waals surface area contributed by atoms with E-state index in [-0.39, 0.29) is 11.4 Å². The molecule has 0 amide bonds. The number of benzene rings is 1. The van der Waals surface area contributed by atoms with Gasteiger partial charge in [-0.2, -0.15) is 0 Å². The number of aromatic carboxylic acids is 1. The quantitative estimate of drug-likeness (QED) is 0.787. The molecule has 3 rings (SSSR count). The Bertz CT molecular complexity index is 828. The predicted octanol–water partition coefficient (Wildman–Crippen LogP) is 3.52. The molecule has 0 saturated heterocycles. The topological polar surface area (TPSA) is 54.6 Å². The van der Waals surface area contributed by atoms with Gasteiger partial charge in [0.2, 0.25) is 0 Å². The highest BCUT2D eigenvalue weighted by Gasteiger charge is 2.12. The summed E-state index contributed by atoms with van der Waals surface area (Å²) in [6.45, 7) is 0. The highest BCUT2D eigenvalue weighted by molar-refractivity contribution is 9.10. The molecule has 0 atom stereocenters. The summed E-state index contributed by atoms with van der Waals surface area (Å²) >= 11 is 3.36. The van der Waals surface area contributed by atoms with Crippen LogP contribution in [0.1, 0.15) is 21.7 Å².